The molecule has 0 radical (unpaired) electrons. The Bertz CT molecular complexity index is 548. The van der Waals surface area contributed by atoms with Crippen LogP contribution in [0.25, 0.3) is 0 Å². The van der Waals surface area contributed by atoms with E-state index in [1.807, 2.05) is 0 Å². The third-order valence-corrected chi connectivity index (χ3v) is 3.93. The summed E-state index contributed by atoms with van der Waals surface area (Å²) in [4.78, 5) is 11.4. The lowest BCUT2D eigenvalue weighted by molar-refractivity contribution is -0.0328. The van der Waals surface area contributed by atoms with E-state index in [1.165, 1.54) is 12.1 Å². The maximum Gasteiger partial charge on any atom is 0.446 e. The molecule has 1 atom stereocenters. The number of carbonyl (C=O) groups is 1. The maximum absolute atomic E-state index is 13.7. The van der Waals surface area contributed by atoms with Gasteiger partial charge in [0.15, 0.2) is 0 Å². The van der Waals surface area contributed by atoms with Crippen LogP contribution in [0.15, 0.2) is 23.1 Å². The number of amides is 2. The molecule has 2 amide bonds. The Kier molecular flexibility index (Phi) is 6.11. The first-order valence-corrected chi connectivity index (χ1v) is 7.82. The van der Waals surface area contributed by atoms with Crippen LogP contribution in [-0.4, -0.2) is 30.8 Å². The standard InChI is InChI=1S/C14H16F4N2O2S/c15-12-6-11(23-14(16,17)18)4-3-9(12)7-19-13(21)20-8-10-2-1-5-22-10/h3-4,6,10H,1-2,5,7-8H2,(H2,19,20,21). The number of carbonyl (C=O) groups excluding carboxylic acids is 1. The number of nitrogens with one attached hydrogen (secondary N) is 2. The summed E-state index contributed by atoms with van der Waals surface area (Å²) in [5, 5.41) is 5.06. The summed E-state index contributed by atoms with van der Waals surface area (Å²) in [6, 6.07) is 2.72. The number of hydrogen-bond donors (Lipinski definition) is 2. The summed E-state index contributed by atoms with van der Waals surface area (Å²) < 4.78 is 55.7. The molecule has 1 fully saturated rings. The van der Waals surface area contributed by atoms with Gasteiger partial charge in [-0.25, -0.2) is 9.18 Å². The van der Waals surface area contributed by atoms with Gasteiger partial charge in [-0.2, -0.15) is 13.2 Å². The lowest BCUT2D eigenvalue weighted by atomic mass is 10.2. The van der Waals surface area contributed by atoms with Gasteiger partial charge in [0.05, 0.1) is 6.10 Å². The summed E-state index contributed by atoms with van der Waals surface area (Å²) in [5.74, 6) is -0.793. The topological polar surface area (TPSA) is 50.4 Å². The van der Waals surface area contributed by atoms with Gasteiger partial charge < -0.3 is 15.4 Å². The summed E-state index contributed by atoms with van der Waals surface area (Å²) in [7, 11) is 0. The van der Waals surface area contributed by atoms with Gasteiger partial charge >= 0.3 is 11.5 Å². The van der Waals surface area contributed by atoms with Gasteiger partial charge in [-0.1, -0.05) is 6.07 Å². The molecule has 0 bridgehead atoms. The van der Waals surface area contributed by atoms with Crippen molar-refractivity contribution in [3.05, 3.63) is 29.6 Å². The minimum absolute atomic E-state index is 0.00355. The first-order chi connectivity index (χ1) is 10.8. The number of alkyl halides is 3. The second-order valence-corrected chi connectivity index (χ2v) is 6.14. The zero-order chi connectivity index (χ0) is 16.9. The number of rotatable bonds is 5. The Morgan fingerprint density at radius 3 is 2.74 bits per heavy atom. The van der Waals surface area contributed by atoms with Crippen LogP contribution in [0.2, 0.25) is 0 Å². The highest BCUT2D eigenvalue weighted by atomic mass is 32.2. The molecule has 9 heteroatoms. The van der Waals surface area contributed by atoms with Crippen LogP contribution in [0.3, 0.4) is 0 Å². The lowest BCUT2D eigenvalue weighted by Crippen LogP contribution is -2.39. The fraction of sp³-hybridized carbons (Fsp3) is 0.500. The van der Waals surface area contributed by atoms with Crippen molar-refractivity contribution in [1.29, 1.82) is 0 Å². The fourth-order valence-electron chi connectivity index (χ4n) is 2.12. The average Bonchev–Trinajstić information content (AvgIpc) is 2.95. The number of benzene rings is 1. The summed E-state index contributed by atoms with van der Waals surface area (Å²) in [5.41, 5.74) is -4.35. The summed E-state index contributed by atoms with van der Waals surface area (Å²) >= 11 is -0.383. The maximum atomic E-state index is 13.7. The number of thioether (sulfide) groups is 1. The molecule has 0 saturated carbocycles. The van der Waals surface area contributed by atoms with E-state index < -0.39 is 17.4 Å². The number of hydrogen-bond acceptors (Lipinski definition) is 3. The van der Waals surface area contributed by atoms with Gasteiger partial charge in [-0.3, -0.25) is 0 Å². The van der Waals surface area contributed by atoms with Crippen LogP contribution in [0.1, 0.15) is 18.4 Å². The molecule has 1 aliphatic heterocycles. The van der Waals surface area contributed by atoms with E-state index >= 15 is 0 Å². The first kappa shape index (κ1) is 17.9. The number of ether oxygens (including phenoxy) is 1. The van der Waals surface area contributed by atoms with Crippen LogP contribution < -0.4 is 10.6 Å². The van der Waals surface area contributed by atoms with Gasteiger partial charge in [-0.15, -0.1) is 0 Å². The van der Waals surface area contributed by atoms with Gasteiger partial charge in [0.1, 0.15) is 5.82 Å². The molecule has 1 aromatic carbocycles. The normalized spacial score (nSPS) is 18.0. The molecule has 1 unspecified atom stereocenters. The van der Waals surface area contributed by atoms with E-state index in [0.717, 1.165) is 18.9 Å². The van der Waals surface area contributed by atoms with Crippen molar-refractivity contribution >= 4 is 17.8 Å². The monoisotopic (exact) mass is 352 g/mol. The molecule has 2 N–H and O–H groups in total. The highest BCUT2D eigenvalue weighted by Gasteiger charge is 2.29. The second-order valence-electron chi connectivity index (χ2n) is 5.00. The highest BCUT2D eigenvalue weighted by molar-refractivity contribution is 8.00. The molecule has 4 nitrogen and oxygen atoms in total. The SMILES string of the molecule is O=C(NCc1ccc(SC(F)(F)F)cc1F)NCC1CCCO1. The molecule has 1 heterocycles. The van der Waals surface area contributed by atoms with E-state index in [0.29, 0.717) is 13.2 Å². The molecule has 0 aliphatic carbocycles. The van der Waals surface area contributed by atoms with Crippen LogP contribution >= 0.6 is 11.8 Å². The minimum Gasteiger partial charge on any atom is -0.376 e. The number of halogens is 4. The third-order valence-electron chi connectivity index (χ3n) is 3.21. The van der Waals surface area contributed by atoms with Crippen molar-refractivity contribution in [3.8, 4) is 0 Å². The molecule has 2 rings (SSSR count). The van der Waals surface area contributed by atoms with Gasteiger partial charge in [0.25, 0.3) is 0 Å². The molecular weight excluding hydrogens is 336 g/mol. The Hall–Kier alpha value is -1.48. The molecule has 1 aromatic rings. The lowest BCUT2D eigenvalue weighted by Gasteiger charge is -2.12. The van der Waals surface area contributed by atoms with Crippen LogP contribution in [0, 0.1) is 5.82 Å². The Morgan fingerprint density at radius 2 is 2.13 bits per heavy atom. The smallest absolute Gasteiger partial charge is 0.376 e. The molecule has 1 saturated heterocycles. The van der Waals surface area contributed by atoms with E-state index in [-0.39, 0.29) is 34.9 Å². The zero-order valence-corrected chi connectivity index (χ0v) is 12.9. The molecule has 128 valence electrons. The van der Waals surface area contributed by atoms with Gasteiger partial charge in [0, 0.05) is 30.2 Å². The quantitative estimate of drug-likeness (QED) is 0.631. The number of urea groups is 1. The largest absolute Gasteiger partial charge is 0.446 e. The van der Waals surface area contributed by atoms with Crippen molar-refractivity contribution < 1.29 is 27.1 Å². The van der Waals surface area contributed by atoms with E-state index in [9.17, 15) is 22.4 Å². The van der Waals surface area contributed by atoms with Gasteiger partial charge in [0.2, 0.25) is 0 Å². The Morgan fingerprint density at radius 1 is 1.35 bits per heavy atom. The van der Waals surface area contributed by atoms with Crippen LogP contribution in [0.4, 0.5) is 22.4 Å². The summed E-state index contributed by atoms with van der Waals surface area (Å²) in [6.07, 6.45) is 1.84. The Labute approximate surface area is 135 Å². The predicted octanol–water partition coefficient (Wildman–Crippen LogP) is 3.42. The average molecular weight is 352 g/mol. The van der Waals surface area contributed by atoms with Crippen molar-refractivity contribution in [2.45, 2.75) is 35.9 Å². The van der Waals surface area contributed by atoms with Crippen molar-refractivity contribution in [2.24, 2.45) is 0 Å². The molecular formula is C14H16F4N2O2S. The molecule has 1 aliphatic rings. The highest BCUT2D eigenvalue weighted by Crippen LogP contribution is 2.37. The fourth-order valence-corrected chi connectivity index (χ4v) is 2.68. The predicted molar refractivity (Wildman–Crippen MR) is 77.5 cm³/mol. The summed E-state index contributed by atoms with van der Waals surface area (Å²) in [6.45, 7) is 0.942. The minimum atomic E-state index is -4.46. The molecule has 0 aromatic heterocycles. The van der Waals surface area contributed by atoms with Crippen molar-refractivity contribution in [1.82, 2.24) is 10.6 Å². The van der Waals surface area contributed by atoms with Crippen molar-refractivity contribution in [2.75, 3.05) is 13.2 Å². The zero-order valence-electron chi connectivity index (χ0n) is 12.1. The second kappa shape index (κ2) is 7.87. The van der Waals surface area contributed by atoms with Crippen LogP contribution in [0.5, 0.6) is 0 Å². The molecule has 23 heavy (non-hydrogen) atoms. The first-order valence-electron chi connectivity index (χ1n) is 7.01. The Balaban J connectivity index is 1.79. The van der Waals surface area contributed by atoms with Gasteiger partial charge in [-0.05, 0) is 36.7 Å². The van der Waals surface area contributed by atoms with E-state index in [1.54, 1.807) is 0 Å². The van der Waals surface area contributed by atoms with Crippen LogP contribution in [-0.2, 0) is 11.3 Å². The third kappa shape index (κ3) is 6.26. The molecule has 0 spiro atoms. The van der Waals surface area contributed by atoms with E-state index in [4.69, 9.17) is 4.74 Å². The van der Waals surface area contributed by atoms with E-state index in [2.05, 4.69) is 10.6 Å². The van der Waals surface area contributed by atoms with Crippen molar-refractivity contribution in [3.63, 3.8) is 0 Å².